The van der Waals surface area contributed by atoms with E-state index < -0.39 is 0 Å². The van der Waals surface area contributed by atoms with Gasteiger partial charge >= 0.3 is 0 Å². The van der Waals surface area contributed by atoms with E-state index in [4.69, 9.17) is 4.98 Å². The van der Waals surface area contributed by atoms with Crippen LogP contribution in [-0.4, -0.2) is 25.0 Å². The molecule has 0 radical (unpaired) electrons. The fourth-order valence-corrected chi connectivity index (χ4v) is 3.19. The Morgan fingerprint density at radius 2 is 2.15 bits per heavy atom. The molecular formula is C14H14BrN5. The van der Waals surface area contributed by atoms with Gasteiger partial charge in [0.05, 0.1) is 16.9 Å². The Morgan fingerprint density at radius 1 is 1.35 bits per heavy atom. The minimum Gasteiger partial charge on any atom is -0.342 e. The molecule has 0 bridgehead atoms. The summed E-state index contributed by atoms with van der Waals surface area (Å²) in [6.45, 7) is 1.98. The number of aromatic nitrogens is 5. The first-order valence-corrected chi connectivity index (χ1v) is 7.48. The fourth-order valence-electron chi connectivity index (χ4n) is 2.64. The van der Waals surface area contributed by atoms with Crippen LogP contribution in [0.4, 0.5) is 0 Å². The smallest absolute Gasteiger partial charge is 0.110 e. The third-order valence-corrected chi connectivity index (χ3v) is 4.40. The van der Waals surface area contributed by atoms with E-state index in [1.54, 1.807) is 4.68 Å². The van der Waals surface area contributed by atoms with Crippen LogP contribution in [0.15, 0.2) is 16.6 Å². The zero-order valence-electron chi connectivity index (χ0n) is 11.3. The molecule has 2 heterocycles. The molecule has 1 fully saturated rings. The lowest BCUT2D eigenvalue weighted by Gasteiger charge is -2.04. The first-order chi connectivity index (χ1) is 9.63. The maximum atomic E-state index is 4.70. The number of rotatable bonds is 2. The Hall–Kier alpha value is -1.69. The maximum absolute atomic E-state index is 4.70. The number of imidazole rings is 1. The monoisotopic (exact) mass is 331 g/mol. The minimum atomic E-state index is 0.623. The molecule has 0 spiro atoms. The highest BCUT2D eigenvalue weighted by Gasteiger charge is 2.27. The number of H-pyrrole nitrogens is 1. The van der Waals surface area contributed by atoms with Gasteiger partial charge in [0, 0.05) is 23.0 Å². The summed E-state index contributed by atoms with van der Waals surface area (Å²) in [7, 11) is 1.91. The number of hydrogen-bond acceptors (Lipinski definition) is 3. The summed E-state index contributed by atoms with van der Waals surface area (Å²) in [5, 5.41) is 8.19. The highest BCUT2D eigenvalue weighted by Crippen LogP contribution is 2.40. The maximum Gasteiger partial charge on any atom is 0.110 e. The van der Waals surface area contributed by atoms with Crippen molar-refractivity contribution in [2.24, 2.45) is 7.05 Å². The molecule has 102 valence electrons. The van der Waals surface area contributed by atoms with Gasteiger partial charge in [0.2, 0.25) is 0 Å². The lowest BCUT2D eigenvalue weighted by atomic mass is 10.1. The van der Waals surface area contributed by atoms with Crippen LogP contribution < -0.4 is 0 Å². The van der Waals surface area contributed by atoms with Gasteiger partial charge in [-0.2, -0.15) is 0 Å². The van der Waals surface area contributed by atoms with Gasteiger partial charge in [-0.1, -0.05) is 5.21 Å². The summed E-state index contributed by atoms with van der Waals surface area (Å²) in [6.07, 6.45) is 2.49. The largest absolute Gasteiger partial charge is 0.342 e. The van der Waals surface area contributed by atoms with Gasteiger partial charge in [0.25, 0.3) is 0 Å². The molecule has 0 unspecified atom stereocenters. The van der Waals surface area contributed by atoms with Crippen LogP contribution in [0.1, 0.15) is 30.3 Å². The van der Waals surface area contributed by atoms with E-state index >= 15 is 0 Å². The van der Waals surface area contributed by atoms with Crippen LogP contribution in [0, 0.1) is 6.92 Å². The van der Waals surface area contributed by atoms with Gasteiger partial charge in [0.1, 0.15) is 11.3 Å². The third kappa shape index (κ3) is 1.78. The van der Waals surface area contributed by atoms with Crippen molar-refractivity contribution in [3.8, 4) is 11.3 Å². The number of aromatic amines is 1. The molecule has 2 aromatic heterocycles. The lowest BCUT2D eigenvalue weighted by molar-refractivity contribution is 0.719. The molecule has 0 aliphatic heterocycles. The van der Waals surface area contributed by atoms with Gasteiger partial charge in [-0.3, -0.25) is 0 Å². The zero-order valence-corrected chi connectivity index (χ0v) is 12.9. The molecule has 1 aromatic carbocycles. The zero-order chi connectivity index (χ0) is 13.9. The summed E-state index contributed by atoms with van der Waals surface area (Å²) in [6, 6.07) is 4.22. The fraction of sp³-hybridized carbons (Fsp3) is 0.357. The average molecular weight is 332 g/mol. The Bertz CT molecular complexity index is 793. The molecule has 0 amide bonds. The molecule has 1 saturated carbocycles. The molecule has 6 heteroatoms. The van der Waals surface area contributed by atoms with Gasteiger partial charge in [-0.05, 0) is 47.8 Å². The molecule has 20 heavy (non-hydrogen) atoms. The Labute approximate surface area is 124 Å². The number of fused-ring (bicyclic) bond motifs is 1. The second kappa shape index (κ2) is 4.15. The van der Waals surface area contributed by atoms with E-state index in [0.717, 1.165) is 38.3 Å². The van der Waals surface area contributed by atoms with Gasteiger partial charge in [-0.25, -0.2) is 9.67 Å². The second-order valence-corrected chi connectivity index (χ2v) is 6.25. The van der Waals surface area contributed by atoms with Crippen molar-refractivity contribution in [3.63, 3.8) is 0 Å². The van der Waals surface area contributed by atoms with Crippen LogP contribution in [0.25, 0.3) is 22.3 Å². The van der Waals surface area contributed by atoms with Crippen LogP contribution in [0.2, 0.25) is 0 Å². The number of nitrogens with zero attached hydrogens (tertiary/aromatic N) is 4. The van der Waals surface area contributed by atoms with E-state index in [1.807, 2.05) is 14.0 Å². The standard InChI is InChI=1S/C14H14BrN5/c1-7-13(20(2)19-18-7)9-5-10(15)12-11(6-9)16-14(17-12)8-3-4-8/h5-6,8H,3-4H2,1-2H3,(H,16,17). The molecule has 4 rings (SSSR count). The van der Waals surface area contributed by atoms with Crippen molar-refractivity contribution in [1.82, 2.24) is 25.0 Å². The number of halogens is 1. The minimum absolute atomic E-state index is 0.623. The predicted octanol–water partition coefficient (Wildman–Crippen LogP) is 3.31. The molecular weight excluding hydrogens is 318 g/mol. The van der Waals surface area contributed by atoms with Crippen LogP contribution >= 0.6 is 15.9 Å². The topological polar surface area (TPSA) is 59.4 Å². The van der Waals surface area contributed by atoms with E-state index in [9.17, 15) is 0 Å². The van der Waals surface area contributed by atoms with Crippen molar-refractivity contribution in [2.45, 2.75) is 25.7 Å². The molecule has 1 N–H and O–H groups in total. The average Bonchev–Trinajstić information content (AvgIpc) is 3.08. The molecule has 1 aliphatic carbocycles. The molecule has 5 nitrogen and oxygen atoms in total. The third-order valence-electron chi connectivity index (χ3n) is 3.79. The van der Waals surface area contributed by atoms with Crippen molar-refractivity contribution in [1.29, 1.82) is 0 Å². The second-order valence-electron chi connectivity index (χ2n) is 5.40. The Balaban J connectivity index is 1.93. The first-order valence-electron chi connectivity index (χ1n) is 6.69. The highest BCUT2D eigenvalue weighted by molar-refractivity contribution is 9.10. The predicted molar refractivity (Wildman–Crippen MR) is 80.5 cm³/mol. The van der Waals surface area contributed by atoms with E-state index in [2.05, 4.69) is 43.4 Å². The molecule has 3 aromatic rings. The van der Waals surface area contributed by atoms with Crippen molar-refractivity contribution in [2.75, 3.05) is 0 Å². The molecule has 0 atom stereocenters. The van der Waals surface area contributed by atoms with Crippen molar-refractivity contribution >= 4 is 27.0 Å². The first kappa shape index (κ1) is 12.1. The van der Waals surface area contributed by atoms with Crippen molar-refractivity contribution in [3.05, 3.63) is 28.1 Å². The van der Waals surface area contributed by atoms with Gasteiger partial charge in [0.15, 0.2) is 0 Å². The number of aryl methyl sites for hydroxylation is 2. The Morgan fingerprint density at radius 3 is 2.80 bits per heavy atom. The van der Waals surface area contributed by atoms with Gasteiger partial charge < -0.3 is 4.98 Å². The van der Waals surface area contributed by atoms with Gasteiger partial charge in [-0.15, -0.1) is 5.10 Å². The van der Waals surface area contributed by atoms with E-state index in [-0.39, 0.29) is 0 Å². The number of nitrogens with one attached hydrogen (secondary N) is 1. The summed E-state index contributed by atoms with van der Waals surface area (Å²) in [5.41, 5.74) is 5.14. The number of hydrogen-bond donors (Lipinski definition) is 1. The summed E-state index contributed by atoms with van der Waals surface area (Å²) in [4.78, 5) is 8.15. The van der Waals surface area contributed by atoms with E-state index in [1.165, 1.54) is 12.8 Å². The molecule has 1 aliphatic rings. The quantitative estimate of drug-likeness (QED) is 0.783. The molecule has 0 saturated heterocycles. The summed E-state index contributed by atoms with van der Waals surface area (Å²) < 4.78 is 2.81. The van der Waals surface area contributed by atoms with E-state index in [0.29, 0.717) is 5.92 Å². The summed E-state index contributed by atoms with van der Waals surface area (Å²) in [5.74, 6) is 1.73. The SMILES string of the molecule is Cc1nnn(C)c1-c1cc(Br)c2nc(C3CC3)[nH]c2c1. The normalized spacial score (nSPS) is 15.2. The summed E-state index contributed by atoms with van der Waals surface area (Å²) >= 11 is 3.63. The lowest BCUT2D eigenvalue weighted by Crippen LogP contribution is -1.94. The highest BCUT2D eigenvalue weighted by atomic mass is 79.9. The van der Waals surface area contributed by atoms with Crippen LogP contribution in [0.3, 0.4) is 0 Å². The Kier molecular flexibility index (Phi) is 2.51. The number of benzene rings is 1. The van der Waals surface area contributed by atoms with Crippen LogP contribution in [0.5, 0.6) is 0 Å². The van der Waals surface area contributed by atoms with Crippen molar-refractivity contribution < 1.29 is 0 Å². The van der Waals surface area contributed by atoms with Crippen LogP contribution in [-0.2, 0) is 7.05 Å².